The number of hydrogen-bond acceptors (Lipinski definition) is 1. The molecule has 86 valence electrons. The Hall–Kier alpha value is -0.820. The van der Waals surface area contributed by atoms with Crippen LogP contribution in [0.3, 0.4) is 0 Å². The largest absolute Gasteiger partial charge is 0.293 e. The second kappa shape index (κ2) is 4.21. The maximum atomic E-state index is 11.6. The van der Waals surface area contributed by atoms with Crippen molar-refractivity contribution in [3.63, 3.8) is 0 Å². The number of ketones is 1. The van der Waals surface area contributed by atoms with E-state index in [4.69, 9.17) is 11.6 Å². The van der Waals surface area contributed by atoms with Gasteiger partial charge in [-0.25, -0.2) is 0 Å². The van der Waals surface area contributed by atoms with Gasteiger partial charge in [0, 0.05) is 6.42 Å². The molecule has 0 fully saturated rings. The fraction of sp³-hybridized carbons (Fsp3) is 0.500. The summed E-state index contributed by atoms with van der Waals surface area (Å²) < 4.78 is 0. The molecule has 0 aromatic carbocycles. The summed E-state index contributed by atoms with van der Waals surface area (Å²) >= 11 is 6.10. The first kappa shape index (κ1) is 11.7. The molecule has 0 bridgehead atoms. The van der Waals surface area contributed by atoms with Gasteiger partial charge < -0.3 is 0 Å². The Balaban J connectivity index is 2.48. The highest BCUT2D eigenvalue weighted by Crippen LogP contribution is 2.40. The monoisotopic (exact) mass is 236 g/mol. The van der Waals surface area contributed by atoms with Crippen LogP contribution >= 0.6 is 11.6 Å². The van der Waals surface area contributed by atoms with Crippen LogP contribution in [0, 0.1) is 17.8 Å². The van der Waals surface area contributed by atoms with E-state index in [-0.39, 0.29) is 11.7 Å². The van der Waals surface area contributed by atoms with Crippen LogP contribution in [0.1, 0.15) is 27.2 Å². The van der Waals surface area contributed by atoms with Gasteiger partial charge in [-0.1, -0.05) is 50.6 Å². The Bertz CT molecular complexity index is 412. The molecule has 0 radical (unpaired) electrons. The van der Waals surface area contributed by atoms with Gasteiger partial charge in [0.25, 0.3) is 0 Å². The Morgan fingerprint density at radius 2 is 2.12 bits per heavy atom. The zero-order valence-corrected chi connectivity index (χ0v) is 10.7. The minimum absolute atomic E-state index is 0.100. The van der Waals surface area contributed by atoms with E-state index in [1.54, 1.807) is 0 Å². The highest BCUT2D eigenvalue weighted by atomic mass is 35.5. The minimum Gasteiger partial charge on any atom is -0.293 e. The third-order valence-electron chi connectivity index (χ3n) is 3.52. The summed E-state index contributed by atoms with van der Waals surface area (Å²) in [5.41, 5.74) is 2.31. The number of Topliss-reactive ketones (excluding diaryl/α,β-unsaturated/α-hetero) is 1. The maximum absolute atomic E-state index is 11.6. The highest BCUT2D eigenvalue weighted by Gasteiger charge is 2.33. The molecule has 0 saturated heterocycles. The normalized spacial score (nSPS) is 29.6. The molecule has 2 rings (SSSR count). The molecule has 2 aliphatic rings. The van der Waals surface area contributed by atoms with Gasteiger partial charge in [0.05, 0.1) is 5.03 Å². The van der Waals surface area contributed by atoms with Gasteiger partial charge >= 0.3 is 0 Å². The molecule has 2 heteroatoms. The van der Waals surface area contributed by atoms with Crippen LogP contribution in [0.2, 0.25) is 0 Å². The average molecular weight is 237 g/mol. The molecule has 0 aromatic heterocycles. The average Bonchev–Trinajstić information content (AvgIpc) is 2.42. The zero-order valence-electron chi connectivity index (χ0n) is 9.96. The predicted octanol–water partition coefficient (Wildman–Crippen LogP) is 3.86. The van der Waals surface area contributed by atoms with E-state index in [0.29, 0.717) is 23.3 Å². The zero-order chi connectivity index (χ0) is 11.9. The predicted molar refractivity (Wildman–Crippen MR) is 67.2 cm³/mol. The fourth-order valence-corrected chi connectivity index (χ4v) is 2.62. The van der Waals surface area contributed by atoms with Crippen molar-refractivity contribution in [1.29, 1.82) is 0 Å². The molecular formula is C14H17ClO. The molecular weight excluding hydrogens is 220 g/mol. The molecule has 0 heterocycles. The molecule has 0 amide bonds. The number of rotatable bonds is 1. The first-order chi connectivity index (χ1) is 7.50. The molecule has 0 saturated carbocycles. The van der Waals surface area contributed by atoms with Crippen LogP contribution in [0.4, 0.5) is 0 Å². The van der Waals surface area contributed by atoms with Crippen LogP contribution in [0.5, 0.6) is 0 Å². The second-order valence-electron chi connectivity index (χ2n) is 5.02. The van der Waals surface area contributed by atoms with E-state index in [2.05, 4.69) is 39.0 Å². The van der Waals surface area contributed by atoms with Crippen LogP contribution < -0.4 is 0 Å². The standard InChI is InChI=1S/C14H17ClO/c1-8(2)10-5-4-9(3)11-7-13(16)14(15)12(11)6-10/h4-6,8-9,11H,7H2,1-3H3/t9-,11+/m1/s1. The summed E-state index contributed by atoms with van der Waals surface area (Å²) in [5, 5.41) is 0.457. The SMILES string of the molecule is CC(C)C1=CC2=C(Cl)C(=O)C[C@H]2[C@H](C)C=C1. The minimum atomic E-state index is 0.100. The first-order valence-electron chi connectivity index (χ1n) is 5.83. The van der Waals surface area contributed by atoms with Gasteiger partial charge in [-0.2, -0.15) is 0 Å². The molecule has 1 nitrogen and oxygen atoms in total. The van der Waals surface area contributed by atoms with E-state index >= 15 is 0 Å². The van der Waals surface area contributed by atoms with E-state index in [1.807, 2.05) is 0 Å². The van der Waals surface area contributed by atoms with Gasteiger partial charge in [0.2, 0.25) is 0 Å². The van der Waals surface area contributed by atoms with Crippen molar-refractivity contribution in [3.8, 4) is 0 Å². The summed E-state index contributed by atoms with van der Waals surface area (Å²) in [7, 11) is 0. The molecule has 0 aromatic rings. The number of carbonyl (C=O) groups excluding carboxylic acids is 1. The van der Waals surface area contributed by atoms with Gasteiger partial charge in [-0.05, 0) is 28.9 Å². The van der Waals surface area contributed by atoms with E-state index in [0.717, 1.165) is 5.57 Å². The Labute approximate surface area is 102 Å². The lowest BCUT2D eigenvalue weighted by molar-refractivity contribution is -0.114. The summed E-state index contributed by atoms with van der Waals surface area (Å²) in [4.78, 5) is 11.6. The summed E-state index contributed by atoms with van der Waals surface area (Å²) in [6.45, 7) is 6.47. The van der Waals surface area contributed by atoms with Crippen molar-refractivity contribution >= 4 is 17.4 Å². The molecule has 16 heavy (non-hydrogen) atoms. The third-order valence-corrected chi connectivity index (χ3v) is 3.95. The van der Waals surface area contributed by atoms with Crippen molar-refractivity contribution in [2.75, 3.05) is 0 Å². The molecule has 0 aliphatic heterocycles. The van der Waals surface area contributed by atoms with Crippen LogP contribution in [0.25, 0.3) is 0 Å². The lowest BCUT2D eigenvalue weighted by Gasteiger charge is -2.15. The molecule has 0 N–H and O–H groups in total. The van der Waals surface area contributed by atoms with Crippen molar-refractivity contribution in [2.24, 2.45) is 17.8 Å². The van der Waals surface area contributed by atoms with Gasteiger partial charge in [-0.3, -0.25) is 4.79 Å². The number of allylic oxidation sites excluding steroid dienone is 6. The second-order valence-corrected chi connectivity index (χ2v) is 5.40. The van der Waals surface area contributed by atoms with Crippen molar-refractivity contribution in [1.82, 2.24) is 0 Å². The maximum Gasteiger partial charge on any atom is 0.175 e. The van der Waals surface area contributed by atoms with E-state index in [1.165, 1.54) is 5.57 Å². The number of halogens is 1. The summed E-state index contributed by atoms with van der Waals surface area (Å²) in [5.74, 6) is 1.24. The molecule has 0 unspecified atom stereocenters. The quantitative estimate of drug-likeness (QED) is 0.676. The first-order valence-corrected chi connectivity index (χ1v) is 6.21. The topological polar surface area (TPSA) is 17.1 Å². The molecule has 0 spiro atoms. The van der Waals surface area contributed by atoms with E-state index in [9.17, 15) is 4.79 Å². The number of fused-ring (bicyclic) bond motifs is 1. The number of hydrogen-bond donors (Lipinski definition) is 0. The third kappa shape index (κ3) is 1.89. The Morgan fingerprint density at radius 3 is 2.75 bits per heavy atom. The summed E-state index contributed by atoms with van der Waals surface area (Å²) in [6.07, 6.45) is 7.06. The Morgan fingerprint density at radius 1 is 1.44 bits per heavy atom. The van der Waals surface area contributed by atoms with Gasteiger partial charge in [-0.15, -0.1) is 0 Å². The summed E-state index contributed by atoms with van der Waals surface area (Å²) in [6, 6.07) is 0. The lowest BCUT2D eigenvalue weighted by atomic mass is 9.89. The van der Waals surface area contributed by atoms with E-state index < -0.39 is 0 Å². The van der Waals surface area contributed by atoms with Crippen molar-refractivity contribution < 1.29 is 4.79 Å². The lowest BCUT2D eigenvalue weighted by Crippen LogP contribution is -2.08. The molecule has 2 atom stereocenters. The van der Waals surface area contributed by atoms with Crippen LogP contribution in [-0.4, -0.2) is 5.78 Å². The van der Waals surface area contributed by atoms with Crippen LogP contribution in [0.15, 0.2) is 34.4 Å². The molecule has 2 aliphatic carbocycles. The number of carbonyl (C=O) groups is 1. The van der Waals surface area contributed by atoms with Gasteiger partial charge in [0.1, 0.15) is 0 Å². The van der Waals surface area contributed by atoms with Crippen molar-refractivity contribution in [2.45, 2.75) is 27.2 Å². The van der Waals surface area contributed by atoms with Crippen LogP contribution in [-0.2, 0) is 4.79 Å². The Kier molecular flexibility index (Phi) is 3.07. The fourth-order valence-electron chi connectivity index (χ4n) is 2.35. The van der Waals surface area contributed by atoms with Crippen molar-refractivity contribution in [3.05, 3.63) is 34.4 Å². The highest BCUT2D eigenvalue weighted by molar-refractivity contribution is 6.44. The smallest absolute Gasteiger partial charge is 0.175 e. The van der Waals surface area contributed by atoms with Gasteiger partial charge in [0.15, 0.2) is 5.78 Å².